The van der Waals surface area contributed by atoms with Crippen LogP contribution in [-0.2, 0) is 9.59 Å². The van der Waals surface area contributed by atoms with Gasteiger partial charge in [-0.15, -0.1) is 13.2 Å². The Labute approximate surface area is 236 Å². The Hall–Kier alpha value is -4.09. The number of alkyl halides is 3. The first-order chi connectivity index (χ1) is 18.9. The van der Waals surface area contributed by atoms with Crippen molar-refractivity contribution in [3.8, 4) is 23.0 Å². The SMILES string of the molecule is COc1ccc(C2/C(=C(\O)c3cc(Cl)c(OC)c(Cl)c3OC)C(=O)C(=O)N2c2ccc(OC(F)(F)F)cc2)cc1. The molecule has 1 saturated heterocycles. The lowest BCUT2D eigenvalue weighted by atomic mass is 9.94. The van der Waals surface area contributed by atoms with Crippen molar-refractivity contribution in [1.82, 2.24) is 0 Å². The molecule has 1 heterocycles. The smallest absolute Gasteiger partial charge is 0.507 e. The molecule has 1 unspecified atom stereocenters. The fourth-order valence-corrected chi connectivity index (χ4v) is 4.99. The second-order valence-electron chi connectivity index (χ2n) is 8.27. The number of benzene rings is 3. The van der Waals surface area contributed by atoms with Gasteiger partial charge in [0.15, 0.2) is 11.5 Å². The van der Waals surface area contributed by atoms with Crippen molar-refractivity contribution in [3.05, 3.63) is 81.3 Å². The summed E-state index contributed by atoms with van der Waals surface area (Å²) in [7, 11) is 4.05. The lowest BCUT2D eigenvalue weighted by Gasteiger charge is -2.26. The number of rotatable bonds is 7. The zero-order valence-electron chi connectivity index (χ0n) is 21.0. The predicted molar refractivity (Wildman–Crippen MR) is 140 cm³/mol. The average Bonchev–Trinajstić information content (AvgIpc) is 3.18. The van der Waals surface area contributed by atoms with Crippen LogP contribution in [0.15, 0.2) is 60.2 Å². The minimum Gasteiger partial charge on any atom is -0.507 e. The summed E-state index contributed by atoms with van der Waals surface area (Å²) < 4.78 is 57.6. The number of ketones is 1. The third-order valence-corrected chi connectivity index (χ3v) is 6.64. The van der Waals surface area contributed by atoms with Crippen LogP contribution in [-0.4, -0.2) is 44.5 Å². The van der Waals surface area contributed by atoms with E-state index in [4.69, 9.17) is 37.4 Å². The van der Waals surface area contributed by atoms with Crippen molar-refractivity contribution in [1.29, 1.82) is 0 Å². The maximum absolute atomic E-state index is 13.4. The number of aliphatic hydroxyl groups is 1. The molecule has 4 rings (SSSR count). The average molecular weight is 598 g/mol. The highest BCUT2D eigenvalue weighted by atomic mass is 35.5. The van der Waals surface area contributed by atoms with Gasteiger partial charge >= 0.3 is 6.36 Å². The van der Waals surface area contributed by atoms with Gasteiger partial charge in [0.2, 0.25) is 0 Å². The minimum atomic E-state index is -4.92. The minimum absolute atomic E-state index is 0.00895. The largest absolute Gasteiger partial charge is 0.573 e. The van der Waals surface area contributed by atoms with Gasteiger partial charge in [-0.2, -0.15) is 0 Å². The number of aliphatic hydroxyl groups excluding tert-OH is 1. The lowest BCUT2D eigenvalue weighted by molar-refractivity contribution is -0.274. The van der Waals surface area contributed by atoms with Gasteiger partial charge in [0, 0.05) is 5.69 Å². The second-order valence-corrected chi connectivity index (χ2v) is 9.06. The third-order valence-electron chi connectivity index (χ3n) is 6.02. The molecule has 13 heteroatoms. The van der Waals surface area contributed by atoms with Gasteiger partial charge in [-0.05, 0) is 48.0 Å². The molecule has 1 N–H and O–H groups in total. The number of hydrogen-bond donors (Lipinski definition) is 1. The fraction of sp³-hybridized carbons (Fsp3) is 0.185. The molecular formula is C27H20Cl2F3NO7. The number of nitrogens with zero attached hydrogens (tertiary/aromatic N) is 1. The molecule has 0 bridgehead atoms. The Balaban J connectivity index is 1.94. The van der Waals surface area contributed by atoms with Crippen LogP contribution in [0.2, 0.25) is 10.0 Å². The van der Waals surface area contributed by atoms with Crippen LogP contribution in [0.4, 0.5) is 18.9 Å². The van der Waals surface area contributed by atoms with Gasteiger partial charge in [-0.3, -0.25) is 14.5 Å². The quantitative estimate of drug-likeness (QED) is 0.188. The molecule has 0 aromatic heterocycles. The van der Waals surface area contributed by atoms with Crippen LogP contribution in [0.1, 0.15) is 17.2 Å². The monoisotopic (exact) mass is 597 g/mol. The predicted octanol–water partition coefficient (Wildman–Crippen LogP) is 6.54. The Morgan fingerprint density at radius 3 is 1.98 bits per heavy atom. The number of ether oxygens (including phenoxy) is 4. The van der Waals surface area contributed by atoms with Crippen molar-refractivity contribution in [3.63, 3.8) is 0 Å². The highest BCUT2D eigenvalue weighted by molar-refractivity contribution is 6.52. The van der Waals surface area contributed by atoms with E-state index >= 15 is 0 Å². The zero-order valence-corrected chi connectivity index (χ0v) is 22.5. The third kappa shape index (κ3) is 5.34. The van der Waals surface area contributed by atoms with E-state index in [-0.39, 0.29) is 38.4 Å². The number of carbonyl (C=O) groups is 2. The summed E-state index contributed by atoms with van der Waals surface area (Å²) in [6.45, 7) is 0. The normalized spacial score (nSPS) is 16.7. The molecule has 8 nitrogen and oxygen atoms in total. The van der Waals surface area contributed by atoms with E-state index in [0.29, 0.717) is 11.3 Å². The van der Waals surface area contributed by atoms with Gasteiger partial charge in [-0.25, -0.2) is 0 Å². The molecule has 0 aliphatic carbocycles. The van der Waals surface area contributed by atoms with E-state index in [1.807, 2.05) is 0 Å². The van der Waals surface area contributed by atoms with Crippen LogP contribution >= 0.6 is 23.2 Å². The Morgan fingerprint density at radius 1 is 0.875 bits per heavy atom. The number of halogens is 5. The number of methoxy groups -OCH3 is 3. The standard InChI is InChI=1S/C27H20Cl2F3NO7/c1-37-15-8-4-13(5-9-15)21-19(22(34)17-12-18(28)25(39-3)20(29)24(17)38-2)23(35)26(36)33(21)14-6-10-16(11-7-14)40-27(30,31)32/h4-12,21,34H,1-3H3/b22-19+. The van der Waals surface area contributed by atoms with Crippen LogP contribution in [0.5, 0.6) is 23.0 Å². The Kier molecular flexibility index (Phi) is 8.08. The van der Waals surface area contributed by atoms with Gasteiger partial charge in [0.05, 0.1) is 43.5 Å². The van der Waals surface area contributed by atoms with Crippen molar-refractivity contribution < 1.29 is 46.8 Å². The zero-order chi connectivity index (χ0) is 29.4. The number of Topliss-reactive ketones (excluding diaryl/α,β-unsaturated/α-hetero) is 1. The highest BCUT2D eigenvalue weighted by Gasteiger charge is 2.47. The Morgan fingerprint density at radius 2 is 1.45 bits per heavy atom. The van der Waals surface area contributed by atoms with Crippen LogP contribution in [0, 0.1) is 0 Å². The summed E-state index contributed by atoms with van der Waals surface area (Å²) in [5.41, 5.74) is 0.00113. The maximum Gasteiger partial charge on any atom is 0.573 e. The number of carbonyl (C=O) groups excluding carboxylic acids is 2. The number of amides is 1. The first-order valence-electron chi connectivity index (χ1n) is 11.3. The van der Waals surface area contributed by atoms with Crippen LogP contribution in [0.3, 0.4) is 0 Å². The fourth-order valence-electron chi connectivity index (χ4n) is 4.30. The van der Waals surface area contributed by atoms with Gasteiger partial charge in [0.1, 0.15) is 22.3 Å². The van der Waals surface area contributed by atoms with Crippen molar-refractivity contribution in [2.45, 2.75) is 12.4 Å². The highest BCUT2D eigenvalue weighted by Crippen LogP contribution is 2.48. The maximum atomic E-state index is 13.4. The summed E-state index contributed by atoms with van der Waals surface area (Å²) in [5, 5.41) is 11.4. The van der Waals surface area contributed by atoms with E-state index in [0.717, 1.165) is 17.0 Å². The van der Waals surface area contributed by atoms with Gasteiger partial charge in [0.25, 0.3) is 11.7 Å². The molecule has 40 heavy (non-hydrogen) atoms. The topological polar surface area (TPSA) is 94.5 Å². The molecule has 0 radical (unpaired) electrons. The summed E-state index contributed by atoms with van der Waals surface area (Å²) in [6.07, 6.45) is -4.92. The first kappa shape index (κ1) is 28.9. The molecule has 1 atom stereocenters. The van der Waals surface area contributed by atoms with Crippen molar-refractivity contribution in [2.75, 3.05) is 26.2 Å². The molecule has 0 spiro atoms. The van der Waals surface area contributed by atoms with E-state index < -0.39 is 35.6 Å². The second kappa shape index (κ2) is 11.2. The van der Waals surface area contributed by atoms with Crippen molar-refractivity contribution in [2.24, 2.45) is 0 Å². The van der Waals surface area contributed by atoms with E-state index in [2.05, 4.69) is 4.74 Å². The molecular weight excluding hydrogens is 578 g/mol. The summed E-state index contributed by atoms with van der Waals surface area (Å²) >= 11 is 12.7. The van der Waals surface area contributed by atoms with Crippen LogP contribution in [0.25, 0.3) is 5.76 Å². The number of hydrogen-bond acceptors (Lipinski definition) is 7. The number of anilines is 1. The van der Waals surface area contributed by atoms with Gasteiger partial charge < -0.3 is 24.1 Å². The van der Waals surface area contributed by atoms with Gasteiger partial charge in [-0.1, -0.05) is 35.3 Å². The first-order valence-corrected chi connectivity index (χ1v) is 12.1. The molecule has 1 aliphatic heterocycles. The van der Waals surface area contributed by atoms with E-state index in [9.17, 15) is 27.9 Å². The summed E-state index contributed by atoms with van der Waals surface area (Å²) in [6, 6.07) is 10.7. The summed E-state index contributed by atoms with van der Waals surface area (Å²) in [5.74, 6) is -2.83. The molecule has 0 saturated carbocycles. The molecule has 210 valence electrons. The molecule has 3 aromatic carbocycles. The molecule has 1 fully saturated rings. The van der Waals surface area contributed by atoms with Crippen LogP contribution < -0.4 is 23.8 Å². The van der Waals surface area contributed by atoms with Crippen molar-refractivity contribution >= 4 is 46.3 Å². The van der Waals surface area contributed by atoms with E-state index in [1.165, 1.54) is 39.5 Å². The molecule has 1 aliphatic rings. The lowest BCUT2D eigenvalue weighted by Crippen LogP contribution is -2.29. The molecule has 1 amide bonds. The van der Waals surface area contributed by atoms with E-state index in [1.54, 1.807) is 24.3 Å². The summed E-state index contributed by atoms with van der Waals surface area (Å²) in [4.78, 5) is 27.8. The molecule has 3 aromatic rings. The Bertz CT molecular complexity index is 1490.